The first kappa shape index (κ1) is 13.1. The van der Waals surface area contributed by atoms with E-state index in [1.54, 1.807) is 13.8 Å². The van der Waals surface area contributed by atoms with E-state index in [0.717, 1.165) is 5.56 Å². The molecule has 0 aromatic heterocycles. The summed E-state index contributed by atoms with van der Waals surface area (Å²) in [4.78, 5) is 11.5. The van der Waals surface area contributed by atoms with Gasteiger partial charge in [0.05, 0.1) is 18.6 Å². The Hall–Kier alpha value is -1.39. The standard InChI is InChI=1S/C14H18O4/c1-14(2)12(15)11(18-13(14)16)9-17-8-10-6-4-3-5-7-10/h3-7,11-12,15H,8-9H2,1-2H3/t11-,12-/m1/s1. The van der Waals surface area contributed by atoms with Crippen molar-refractivity contribution >= 4 is 5.97 Å². The van der Waals surface area contributed by atoms with Gasteiger partial charge in [-0.05, 0) is 19.4 Å². The molecule has 0 bridgehead atoms. The Balaban J connectivity index is 1.84. The highest BCUT2D eigenvalue weighted by Crippen LogP contribution is 2.33. The van der Waals surface area contributed by atoms with Crippen molar-refractivity contribution in [2.75, 3.05) is 6.61 Å². The highest BCUT2D eigenvalue weighted by atomic mass is 16.6. The lowest BCUT2D eigenvalue weighted by atomic mass is 9.87. The number of aliphatic hydroxyl groups is 1. The fourth-order valence-electron chi connectivity index (χ4n) is 1.93. The number of hydrogen-bond acceptors (Lipinski definition) is 4. The smallest absolute Gasteiger partial charge is 0.314 e. The highest BCUT2D eigenvalue weighted by Gasteiger charge is 2.50. The average molecular weight is 250 g/mol. The third-order valence-corrected chi connectivity index (χ3v) is 3.27. The van der Waals surface area contributed by atoms with Crippen molar-refractivity contribution in [1.29, 1.82) is 0 Å². The van der Waals surface area contributed by atoms with Gasteiger partial charge in [-0.2, -0.15) is 0 Å². The molecule has 1 aliphatic heterocycles. The van der Waals surface area contributed by atoms with E-state index in [4.69, 9.17) is 9.47 Å². The van der Waals surface area contributed by atoms with Crippen molar-refractivity contribution in [3.8, 4) is 0 Å². The zero-order valence-electron chi connectivity index (χ0n) is 10.6. The molecule has 0 amide bonds. The molecular formula is C14H18O4. The Bertz CT molecular complexity index is 413. The predicted octanol–water partition coefficient (Wildman–Crippen LogP) is 1.52. The predicted molar refractivity (Wildman–Crippen MR) is 65.8 cm³/mol. The lowest BCUT2D eigenvalue weighted by Gasteiger charge is -2.19. The van der Waals surface area contributed by atoms with Gasteiger partial charge in [0, 0.05) is 0 Å². The van der Waals surface area contributed by atoms with Crippen LogP contribution in [-0.2, 0) is 20.9 Å². The van der Waals surface area contributed by atoms with Crippen molar-refractivity contribution in [2.45, 2.75) is 32.7 Å². The second-order valence-corrected chi connectivity index (χ2v) is 5.11. The number of hydrogen-bond donors (Lipinski definition) is 1. The van der Waals surface area contributed by atoms with Gasteiger partial charge in [-0.15, -0.1) is 0 Å². The second-order valence-electron chi connectivity index (χ2n) is 5.11. The number of rotatable bonds is 4. The maximum absolute atomic E-state index is 11.5. The van der Waals surface area contributed by atoms with Gasteiger partial charge in [0.25, 0.3) is 0 Å². The zero-order valence-corrected chi connectivity index (χ0v) is 10.6. The summed E-state index contributed by atoms with van der Waals surface area (Å²) in [5, 5.41) is 9.96. The summed E-state index contributed by atoms with van der Waals surface area (Å²) >= 11 is 0. The first-order chi connectivity index (χ1) is 8.51. The van der Waals surface area contributed by atoms with Crippen LogP contribution < -0.4 is 0 Å². The van der Waals surface area contributed by atoms with E-state index in [1.165, 1.54) is 0 Å². The Morgan fingerprint density at radius 2 is 2.00 bits per heavy atom. The summed E-state index contributed by atoms with van der Waals surface area (Å²) in [5.74, 6) is -0.372. The average Bonchev–Trinajstić information content (AvgIpc) is 2.55. The number of esters is 1. The van der Waals surface area contributed by atoms with Crippen molar-refractivity contribution in [2.24, 2.45) is 5.41 Å². The Labute approximate surface area is 107 Å². The molecule has 1 aromatic rings. The molecule has 1 heterocycles. The Morgan fingerprint density at radius 3 is 2.56 bits per heavy atom. The molecular weight excluding hydrogens is 232 g/mol. The van der Waals surface area contributed by atoms with E-state index in [0.29, 0.717) is 6.61 Å². The van der Waals surface area contributed by atoms with Crippen molar-refractivity contribution in [3.63, 3.8) is 0 Å². The van der Waals surface area contributed by atoms with Gasteiger partial charge in [0.1, 0.15) is 6.10 Å². The lowest BCUT2D eigenvalue weighted by Crippen LogP contribution is -2.35. The molecule has 98 valence electrons. The van der Waals surface area contributed by atoms with Crippen LogP contribution in [0.25, 0.3) is 0 Å². The third kappa shape index (κ3) is 2.54. The first-order valence-electron chi connectivity index (χ1n) is 6.02. The molecule has 2 atom stereocenters. The van der Waals surface area contributed by atoms with Crippen LogP contribution in [0.3, 0.4) is 0 Å². The molecule has 2 rings (SSSR count). The van der Waals surface area contributed by atoms with E-state index in [1.807, 2.05) is 30.3 Å². The summed E-state index contributed by atoms with van der Waals surface area (Å²) in [7, 11) is 0. The van der Waals surface area contributed by atoms with Gasteiger partial charge in [-0.25, -0.2) is 0 Å². The molecule has 1 fully saturated rings. The molecule has 1 N–H and O–H groups in total. The van der Waals surface area contributed by atoms with Crippen molar-refractivity contribution < 1.29 is 19.4 Å². The normalized spacial score (nSPS) is 26.1. The summed E-state index contributed by atoms with van der Waals surface area (Å²) in [6, 6.07) is 9.73. The fourth-order valence-corrected chi connectivity index (χ4v) is 1.93. The van der Waals surface area contributed by atoms with Gasteiger partial charge in [0.15, 0.2) is 6.10 Å². The molecule has 0 unspecified atom stereocenters. The lowest BCUT2D eigenvalue weighted by molar-refractivity contribution is -0.149. The molecule has 0 radical (unpaired) electrons. The van der Waals surface area contributed by atoms with E-state index in [2.05, 4.69) is 0 Å². The molecule has 1 saturated heterocycles. The van der Waals surface area contributed by atoms with Gasteiger partial charge in [0.2, 0.25) is 0 Å². The number of ether oxygens (including phenoxy) is 2. The number of benzene rings is 1. The third-order valence-electron chi connectivity index (χ3n) is 3.27. The van der Waals surface area contributed by atoms with E-state index in [9.17, 15) is 9.90 Å². The quantitative estimate of drug-likeness (QED) is 0.823. The molecule has 0 aliphatic carbocycles. The largest absolute Gasteiger partial charge is 0.457 e. The van der Waals surface area contributed by atoms with E-state index < -0.39 is 17.6 Å². The monoisotopic (exact) mass is 250 g/mol. The van der Waals surface area contributed by atoms with E-state index >= 15 is 0 Å². The van der Waals surface area contributed by atoms with Crippen LogP contribution in [0.15, 0.2) is 30.3 Å². The van der Waals surface area contributed by atoms with Crippen LogP contribution in [0.1, 0.15) is 19.4 Å². The topological polar surface area (TPSA) is 55.8 Å². The number of carbonyl (C=O) groups excluding carboxylic acids is 1. The summed E-state index contributed by atoms with van der Waals surface area (Å²) in [5.41, 5.74) is 0.205. The zero-order chi connectivity index (χ0) is 13.2. The van der Waals surface area contributed by atoms with Crippen LogP contribution in [0.4, 0.5) is 0 Å². The van der Waals surface area contributed by atoms with Crippen molar-refractivity contribution in [1.82, 2.24) is 0 Å². The van der Waals surface area contributed by atoms with Gasteiger partial charge >= 0.3 is 5.97 Å². The minimum Gasteiger partial charge on any atom is -0.457 e. The minimum absolute atomic E-state index is 0.214. The maximum atomic E-state index is 11.5. The number of aliphatic hydroxyl groups excluding tert-OH is 1. The van der Waals surface area contributed by atoms with Crippen LogP contribution >= 0.6 is 0 Å². The SMILES string of the molecule is CC1(C)C(=O)O[C@H](COCc2ccccc2)[C@H]1O. The summed E-state index contributed by atoms with van der Waals surface area (Å²) in [6.07, 6.45) is -1.39. The highest BCUT2D eigenvalue weighted by molar-refractivity contribution is 5.79. The molecule has 18 heavy (non-hydrogen) atoms. The Kier molecular flexibility index (Phi) is 3.68. The summed E-state index contributed by atoms with van der Waals surface area (Å²) < 4.78 is 10.6. The minimum atomic E-state index is -0.846. The number of cyclic esters (lactones) is 1. The molecule has 4 nitrogen and oxygen atoms in total. The maximum Gasteiger partial charge on any atom is 0.314 e. The van der Waals surface area contributed by atoms with Crippen LogP contribution in [0.5, 0.6) is 0 Å². The molecule has 4 heteroatoms. The second kappa shape index (κ2) is 5.08. The van der Waals surface area contributed by atoms with E-state index in [-0.39, 0.29) is 12.6 Å². The first-order valence-corrected chi connectivity index (χ1v) is 6.02. The van der Waals surface area contributed by atoms with Gasteiger partial charge < -0.3 is 14.6 Å². The Morgan fingerprint density at radius 1 is 1.33 bits per heavy atom. The molecule has 0 spiro atoms. The van der Waals surface area contributed by atoms with Crippen LogP contribution in [0, 0.1) is 5.41 Å². The molecule has 0 saturated carbocycles. The van der Waals surface area contributed by atoms with Crippen molar-refractivity contribution in [3.05, 3.63) is 35.9 Å². The van der Waals surface area contributed by atoms with Crippen LogP contribution in [-0.4, -0.2) is 29.9 Å². The van der Waals surface area contributed by atoms with Gasteiger partial charge in [-0.3, -0.25) is 4.79 Å². The fraction of sp³-hybridized carbons (Fsp3) is 0.500. The van der Waals surface area contributed by atoms with Gasteiger partial charge in [-0.1, -0.05) is 30.3 Å². The van der Waals surface area contributed by atoms with Crippen LogP contribution in [0.2, 0.25) is 0 Å². The molecule has 1 aliphatic rings. The summed E-state index contributed by atoms with van der Waals surface area (Å²) in [6.45, 7) is 4.02. The number of carbonyl (C=O) groups is 1. The molecule has 1 aromatic carbocycles.